The Balaban J connectivity index is 1.89. The van der Waals surface area contributed by atoms with Crippen molar-refractivity contribution in [3.63, 3.8) is 0 Å². The molecule has 1 aromatic heterocycles. The summed E-state index contributed by atoms with van der Waals surface area (Å²) in [7, 11) is 0. The van der Waals surface area contributed by atoms with Crippen molar-refractivity contribution in [3.05, 3.63) is 17.7 Å². The summed E-state index contributed by atoms with van der Waals surface area (Å²) in [5.41, 5.74) is 1.38. The van der Waals surface area contributed by atoms with Gasteiger partial charge in [-0.15, -0.1) is 0 Å². The maximum absolute atomic E-state index is 12.7. The van der Waals surface area contributed by atoms with E-state index in [0.29, 0.717) is 6.54 Å². The standard InChI is InChI=1S/C13H20F3N5/c14-13(15,16)10-8-11(19-12(9-10)20-17)18-4-3-7-21-5-1-2-6-21/h8-9H,1-7,17H2,(H2,18,19,20). The average molecular weight is 303 g/mol. The fourth-order valence-electron chi connectivity index (χ4n) is 2.38. The summed E-state index contributed by atoms with van der Waals surface area (Å²) < 4.78 is 38.2. The number of alkyl halides is 3. The molecule has 0 atom stereocenters. The lowest BCUT2D eigenvalue weighted by Crippen LogP contribution is -2.22. The van der Waals surface area contributed by atoms with Crippen molar-refractivity contribution in [1.29, 1.82) is 0 Å². The molecule has 1 aliphatic rings. The molecule has 1 aliphatic heterocycles. The summed E-state index contributed by atoms with van der Waals surface area (Å²) in [5.74, 6) is 5.33. The number of nitrogens with two attached hydrogens (primary N) is 1. The Kier molecular flexibility index (Phi) is 5.24. The summed E-state index contributed by atoms with van der Waals surface area (Å²) >= 11 is 0. The first-order valence-corrected chi connectivity index (χ1v) is 7.01. The average Bonchev–Trinajstić information content (AvgIpc) is 2.95. The van der Waals surface area contributed by atoms with Crippen molar-refractivity contribution in [2.75, 3.05) is 36.9 Å². The van der Waals surface area contributed by atoms with Gasteiger partial charge in [0.2, 0.25) is 0 Å². The van der Waals surface area contributed by atoms with Crippen LogP contribution in [0.4, 0.5) is 24.8 Å². The van der Waals surface area contributed by atoms with Crippen LogP contribution in [0.15, 0.2) is 12.1 Å². The fraction of sp³-hybridized carbons (Fsp3) is 0.615. The second-order valence-corrected chi connectivity index (χ2v) is 5.10. The SMILES string of the molecule is NNc1cc(C(F)(F)F)cc(NCCCN2CCCC2)n1. The van der Waals surface area contributed by atoms with Crippen LogP contribution in [0, 0.1) is 0 Å². The molecule has 0 radical (unpaired) electrons. The Labute approximate surface area is 121 Å². The molecule has 0 saturated carbocycles. The molecule has 4 N–H and O–H groups in total. The van der Waals surface area contributed by atoms with Crippen LogP contribution >= 0.6 is 0 Å². The minimum atomic E-state index is -4.42. The second kappa shape index (κ2) is 6.95. The van der Waals surface area contributed by atoms with E-state index in [-0.39, 0.29) is 11.6 Å². The highest BCUT2D eigenvalue weighted by Gasteiger charge is 2.31. The van der Waals surface area contributed by atoms with Gasteiger partial charge < -0.3 is 15.6 Å². The molecule has 0 bridgehead atoms. The van der Waals surface area contributed by atoms with Crippen molar-refractivity contribution in [2.45, 2.75) is 25.4 Å². The van der Waals surface area contributed by atoms with Crippen LogP contribution in [0.5, 0.6) is 0 Å². The molecule has 1 aromatic rings. The number of likely N-dealkylation sites (tertiary alicyclic amines) is 1. The maximum atomic E-state index is 12.7. The zero-order valence-corrected chi connectivity index (χ0v) is 11.7. The molecule has 1 saturated heterocycles. The number of aromatic nitrogens is 1. The molecule has 5 nitrogen and oxygen atoms in total. The summed E-state index contributed by atoms with van der Waals surface area (Å²) in [5, 5.41) is 2.92. The molecule has 21 heavy (non-hydrogen) atoms. The van der Waals surface area contributed by atoms with Crippen molar-refractivity contribution in [1.82, 2.24) is 9.88 Å². The van der Waals surface area contributed by atoms with Gasteiger partial charge in [-0.1, -0.05) is 0 Å². The van der Waals surface area contributed by atoms with Gasteiger partial charge in [-0.05, 0) is 51.0 Å². The number of pyridine rings is 1. The van der Waals surface area contributed by atoms with Crippen LogP contribution in [0.2, 0.25) is 0 Å². The van der Waals surface area contributed by atoms with Crippen LogP contribution in [-0.2, 0) is 6.18 Å². The smallest absolute Gasteiger partial charge is 0.370 e. The Morgan fingerprint density at radius 2 is 1.86 bits per heavy atom. The molecule has 2 heterocycles. The Hall–Kier alpha value is -1.54. The topological polar surface area (TPSA) is 66.2 Å². The van der Waals surface area contributed by atoms with E-state index in [9.17, 15) is 13.2 Å². The number of anilines is 2. The van der Waals surface area contributed by atoms with Gasteiger partial charge in [0.15, 0.2) is 0 Å². The highest BCUT2D eigenvalue weighted by Crippen LogP contribution is 2.31. The monoisotopic (exact) mass is 303 g/mol. The van der Waals surface area contributed by atoms with E-state index < -0.39 is 11.7 Å². The largest absolute Gasteiger partial charge is 0.416 e. The number of halogens is 3. The number of nitrogens with zero attached hydrogens (tertiary/aromatic N) is 2. The number of rotatable bonds is 6. The highest BCUT2D eigenvalue weighted by atomic mass is 19.4. The molecule has 118 valence electrons. The van der Waals surface area contributed by atoms with E-state index in [4.69, 9.17) is 5.84 Å². The van der Waals surface area contributed by atoms with Crippen LogP contribution in [0.3, 0.4) is 0 Å². The van der Waals surface area contributed by atoms with E-state index in [1.807, 2.05) is 0 Å². The molecule has 0 aliphatic carbocycles. The first kappa shape index (κ1) is 15.8. The van der Waals surface area contributed by atoms with Gasteiger partial charge in [-0.25, -0.2) is 10.8 Å². The summed E-state index contributed by atoms with van der Waals surface area (Å²) in [6.07, 6.45) is -1.09. The summed E-state index contributed by atoms with van der Waals surface area (Å²) in [4.78, 5) is 6.33. The first-order chi connectivity index (χ1) is 9.99. The van der Waals surface area contributed by atoms with Crippen LogP contribution < -0.4 is 16.6 Å². The second-order valence-electron chi connectivity index (χ2n) is 5.10. The lowest BCUT2D eigenvalue weighted by molar-refractivity contribution is -0.137. The maximum Gasteiger partial charge on any atom is 0.416 e. The first-order valence-electron chi connectivity index (χ1n) is 7.01. The molecule has 1 fully saturated rings. The normalized spacial score (nSPS) is 16.2. The van der Waals surface area contributed by atoms with Gasteiger partial charge in [0.1, 0.15) is 11.6 Å². The quantitative estimate of drug-likeness (QED) is 0.427. The van der Waals surface area contributed by atoms with E-state index in [1.165, 1.54) is 12.8 Å². The summed E-state index contributed by atoms with van der Waals surface area (Å²) in [6, 6.07) is 1.88. The third kappa shape index (κ3) is 4.75. The molecular weight excluding hydrogens is 283 g/mol. The number of nitrogen functional groups attached to an aromatic ring is 1. The van der Waals surface area contributed by atoms with E-state index >= 15 is 0 Å². The van der Waals surface area contributed by atoms with Gasteiger partial charge in [0.25, 0.3) is 0 Å². The van der Waals surface area contributed by atoms with Gasteiger partial charge in [-0.2, -0.15) is 13.2 Å². The minimum absolute atomic E-state index is 0.00753. The lowest BCUT2D eigenvalue weighted by atomic mass is 10.2. The van der Waals surface area contributed by atoms with Crippen molar-refractivity contribution in [2.24, 2.45) is 5.84 Å². The third-order valence-electron chi connectivity index (χ3n) is 3.46. The highest BCUT2D eigenvalue weighted by molar-refractivity contribution is 5.49. The molecule has 0 amide bonds. The van der Waals surface area contributed by atoms with Crippen molar-refractivity contribution >= 4 is 11.6 Å². The van der Waals surface area contributed by atoms with Gasteiger partial charge in [0.05, 0.1) is 5.56 Å². The van der Waals surface area contributed by atoms with E-state index in [1.54, 1.807) is 0 Å². The van der Waals surface area contributed by atoms with Crippen LogP contribution in [-0.4, -0.2) is 36.1 Å². The predicted octanol–water partition coefficient (Wildman–Crippen LogP) is 2.28. The lowest BCUT2D eigenvalue weighted by Gasteiger charge is -2.15. The predicted molar refractivity (Wildman–Crippen MR) is 75.8 cm³/mol. The Morgan fingerprint density at radius 3 is 2.48 bits per heavy atom. The molecule has 0 unspecified atom stereocenters. The van der Waals surface area contributed by atoms with Crippen LogP contribution in [0.25, 0.3) is 0 Å². The molecular formula is C13H20F3N5. The molecule has 8 heteroatoms. The molecule has 2 rings (SSSR count). The number of hydrogen-bond donors (Lipinski definition) is 3. The molecule has 0 aromatic carbocycles. The van der Waals surface area contributed by atoms with E-state index in [2.05, 4.69) is 20.6 Å². The number of nitrogens with one attached hydrogen (secondary N) is 2. The van der Waals surface area contributed by atoms with Gasteiger partial charge in [-0.3, -0.25) is 0 Å². The Bertz CT molecular complexity index is 458. The fourth-order valence-corrected chi connectivity index (χ4v) is 2.38. The van der Waals surface area contributed by atoms with Crippen molar-refractivity contribution in [3.8, 4) is 0 Å². The van der Waals surface area contributed by atoms with Gasteiger partial charge >= 0.3 is 6.18 Å². The number of hydrogen-bond acceptors (Lipinski definition) is 5. The summed E-state index contributed by atoms with van der Waals surface area (Å²) in [6.45, 7) is 3.76. The van der Waals surface area contributed by atoms with Gasteiger partial charge in [0, 0.05) is 6.54 Å². The zero-order valence-electron chi connectivity index (χ0n) is 11.7. The Morgan fingerprint density at radius 1 is 1.19 bits per heavy atom. The zero-order chi connectivity index (χ0) is 15.3. The van der Waals surface area contributed by atoms with E-state index in [0.717, 1.165) is 38.2 Å². The third-order valence-corrected chi connectivity index (χ3v) is 3.46. The van der Waals surface area contributed by atoms with Crippen LogP contribution in [0.1, 0.15) is 24.8 Å². The van der Waals surface area contributed by atoms with Crippen molar-refractivity contribution < 1.29 is 13.2 Å². The minimum Gasteiger partial charge on any atom is -0.370 e. The number of hydrazine groups is 1. The molecule has 0 spiro atoms.